The van der Waals surface area contributed by atoms with Gasteiger partial charge in [0.05, 0.1) is 28.5 Å². The number of anilines is 2. The van der Waals surface area contributed by atoms with E-state index in [1.54, 1.807) is 23.1 Å². The standard InChI is InChI=1S/C34H31N9O3/c1-2-3-12-34(40-41-34)13-11-30(44)37-26-20-25(21-35)31(36-22-26)42-14-16-43(17-15-42)33(46)24-8-6-7-23(18-24)19-29-27-9-4-5-10-28(27)32(45)39-38-29/h1,4-10,18,20,22H,3,11-17,19H2,(H,37,44)(H,39,45). The van der Waals surface area contributed by atoms with E-state index in [1.165, 1.54) is 6.20 Å². The summed E-state index contributed by atoms with van der Waals surface area (Å²) in [7, 11) is 0. The molecule has 0 unspecified atom stereocenters. The molecular weight excluding hydrogens is 582 g/mol. The SMILES string of the molecule is C#CCCC1(CCC(=O)Nc2cnc(N3CCN(C(=O)c4cccc(Cc5n[nH]c(=O)c6ccccc56)c4)CC3)c(C#N)c2)N=N1. The van der Waals surface area contributed by atoms with Crippen molar-refractivity contribution in [1.29, 1.82) is 5.26 Å². The van der Waals surface area contributed by atoms with Gasteiger partial charge in [-0.3, -0.25) is 14.4 Å². The van der Waals surface area contributed by atoms with Crippen LogP contribution in [0, 0.1) is 23.7 Å². The highest BCUT2D eigenvalue weighted by atomic mass is 16.2. The van der Waals surface area contributed by atoms with Gasteiger partial charge in [-0.2, -0.15) is 20.6 Å². The predicted octanol–water partition coefficient (Wildman–Crippen LogP) is 4.04. The van der Waals surface area contributed by atoms with Crippen molar-refractivity contribution in [2.24, 2.45) is 10.2 Å². The number of H-pyrrole nitrogens is 1. The van der Waals surface area contributed by atoms with Gasteiger partial charge in [0, 0.05) is 69.2 Å². The summed E-state index contributed by atoms with van der Waals surface area (Å²) in [6.07, 6.45) is 9.21. The lowest BCUT2D eigenvalue weighted by atomic mass is 10.0. The smallest absolute Gasteiger partial charge is 0.272 e. The molecule has 0 radical (unpaired) electrons. The van der Waals surface area contributed by atoms with Gasteiger partial charge < -0.3 is 15.1 Å². The van der Waals surface area contributed by atoms with Crippen molar-refractivity contribution in [2.75, 3.05) is 36.4 Å². The maximum atomic E-state index is 13.5. The second-order valence-electron chi connectivity index (χ2n) is 11.3. The van der Waals surface area contributed by atoms with Crippen molar-refractivity contribution in [2.45, 2.75) is 37.8 Å². The Balaban J connectivity index is 1.05. The van der Waals surface area contributed by atoms with Gasteiger partial charge in [0.25, 0.3) is 11.5 Å². The molecule has 12 nitrogen and oxygen atoms in total. The zero-order valence-corrected chi connectivity index (χ0v) is 25.1. The molecule has 2 N–H and O–H groups in total. The summed E-state index contributed by atoms with van der Waals surface area (Å²) < 4.78 is 0. The van der Waals surface area contributed by atoms with E-state index in [0.29, 0.717) is 79.9 Å². The maximum Gasteiger partial charge on any atom is 0.272 e. The van der Waals surface area contributed by atoms with Crippen LogP contribution in [0.15, 0.2) is 75.8 Å². The molecular formula is C34H31N9O3. The molecule has 0 atom stereocenters. The quantitative estimate of drug-likeness (QED) is 0.255. The number of carbonyl (C=O) groups is 2. The topological polar surface area (TPSA) is 160 Å². The first-order valence-corrected chi connectivity index (χ1v) is 15.0. The van der Waals surface area contributed by atoms with Crippen LogP contribution in [0.25, 0.3) is 10.8 Å². The molecule has 2 aromatic heterocycles. The Kier molecular flexibility index (Phi) is 8.53. The lowest BCUT2D eigenvalue weighted by molar-refractivity contribution is -0.116. The molecule has 6 rings (SSSR count). The summed E-state index contributed by atoms with van der Waals surface area (Å²) in [5, 5.41) is 29.0. The number of hydrogen-bond acceptors (Lipinski definition) is 9. The number of piperazine rings is 1. The van der Waals surface area contributed by atoms with Crippen LogP contribution in [-0.4, -0.2) is 63.7 Å². The van der Waals surface area contributed by atoms with E-state index in [0.717, 1.165) is 16.6 Å². The number of hydrogen-bond donors (Lipinski definition) is 2. The second kappa shape index (κ2) is 13.0. The zero-order valence-electron chi connectivity index (χ0n) is 25.1. The van der Waals surface area contributed by atoms with Crippen LogP contribution in [0.3, 0.4) is 0 Å². The third kappa shape index (κ3) is 6.61. The molecule has 4 heterocycles. The molecule has 230 valence electrons. The van der Waals surface area contributed by atoms with Gasteiger partial charge in [0.1, 0.15) is 11.9 Å². The Morgan fingerprint density at radius 1 is 1.02 bits per heavy atom. The van der Waals surface area contributed by atoms with Crippen molar-refractivity contribution in [1.82, 2.24) is 20.1 Å². The number of rotatable bonds is 10. The minimum atomic E-state index is -0.534. The van der Waals surface area contributed by atoms with E-state index < -0.39 is 5.66 Å². The van der Waals surface area contributed by atoms with Gasteiger partial charge in [0.15, 0.2) is 5.66 Å². The third-order valence-electron chi connectivity index (χ3n) is 8.26. The molecule has 2 aromatic carbocycles. The summed E-state index contributed by atoms with van der Waals surface area (Å²) in [6.45, 7) is 1.91. The summed E-state index contributed by atoms with van der Waals surface area (Å²) in [5.74, 6) is 2.79. The molecule has 12 heteroatoms. The Labute approximate surface area is 265 Å². The molecule has 1 saturated heterocycles. The lowest BCUT2D eigenvalue weighted by Gasteiger charge is -2.35. The highest BCUT2D eigenvalue weighted by Gasteiger charge is 2.39. The lowest BCUT2D eigenvalue weighted by Crippen LogP contribution is -2.49. The molecule has 2 aliphatic rings. The summed E-state index contributed by atoms with van der Waals surface area (Å²) in [6, 6.07) is 18.6. The van der Waals surface area contributed by atoms with Crippen molar-refractivity contribution in [3.63, 3.8) is 0 Å². The molecule has 1 fully saturated rings. The molecule has 2 amide bonds. The number of aromatic amines is 1. The van der Waals surface area contributed by atoms with Crippen LogP contribution in [0.4, 0.5) is 11.5 Å². The number of terminal acetylenes is 1. The van der Waals surface area contributed by atoms with E-state index >= 15 is 0 Å². The van der Waals surface area contributed by atoms with Gasteiger partial charge in [-0.25, -0.2) is 10.1 Å². The summed E-state index contributed by atoms with van der Waals surface area (Å²) in [4.78, 5) is 46.4. The molecule has 0 aliphatic carbocycles. The van der Waals surface area contributed by atoms with E-state index in [1.807, 2.05) is 41.3 Å². The fraction of sp³-hybridized carbons (Fsp3) is 0.294. The normalized spacial score (nSPS) is 14.8. The van der Waals surface area contributed by atoms with E-state index in [-0.39, 0.29) is 23.8 Å². The van der Waals surface area contributed by atoms with Crippen LogP contribution in [-0.2, 0) is 11.2 Å². The van der Waals surface area contributed by atoms with Crippen LogP contribution < -0.4 is 15.8 Å². The Morgan fingerprint density at radius 3 is 2.54 bits per heavy atom. The van der Waals surface area contributed by atoms with Gasteiger partial charge in [0.2, 0.25) is 5.91 Å². The Hall–Kier alpha value is -5.88. The first kappa shape index (κ1) is 30.2. The molecule has 4 aromatic rings. The van der Waals surface area contributed by atoms with Crippen LogP contribution in [0.1, 0.15) is 52.9 Å². The zero-order chi connectivity index (χ0) is 32.1. The number of carbonyl (C=O) groups excluding carboxylic acids is 2. The highest BCUT2D eigenvalue weighted by molar-refractivity contribution is 5.95. The summed E-state index contributed by atoms with van der Waals surface area (Å²) in [5.41, 5.74) is 2.22. The molecule has 2 aliphatic heterocycles. The number of fused-ring (bicyclic) bond motifs is 1. The minimum absolute atomic E-state index is 0.0832. The Morgan fingerprint density at radius 2 is 1.80 bits per heavy atom. The number of amides is 2. The number of nitrogens with zero attached hydrogens (tertiary/aromatic N) is 7. The second-order valence-corrected chi connectivity index (χ2v) is 11.3. The van der Waals surface area contributed by atoms with Gasteiger partial charge in [-0.15, -0.1) is 12.3 Å². The number of benzene rings is 2. The van der Waals surface area contributed by atoms with Gasteiger partial charge in [-0.05, 0) is 29.8 Å². The average molecular weight is 614 g/mol. The van der Waals surface area contributed by atoms with Crippen molar-refractivity contribution in [3.05, 3.63) is 93.5 Å². The number of nitrogens with one attached hydrogen (secondary N) is 2. The van der Waals surface area contributed by atoms with E-state index in [9.17, 15) is 19.6 Å². The fourth-order valence-corrected chi connectivity index (χ4v) is 5.68. The first-order valence-electron chi connectivity index (χ1n) is 15.0. The van der Waals surface area contributed by atoms with Crippen molar-refractivity contribution < 1.29 is 9.59 Å². The first-order chi connectivity index (χ1) is 22.4. The average Bonchev–Trinajstić information content (AvgIpc) is 3.87. The number of aromatic nitrogens is 3. The van der Waals surface area contributed by atoms with Crippen molar-refractivity contribution in [3.8, 4) is 18.4 Å². The van der Waals surface area contributed by atoms with E-state index in [2.05, 4.69) is 42.7 Å². The number of pyridine rings is 1. The largest absolute Gasteiger partial charge is 0.352 e. The van der Waals surface area contributed by atoms with Crippen LogP contribution in [0.2, 0.25) is 0 Å². The molecule has 0 spiro atoms. The van der Waals surface area contributed by atoms with Crippen LogP contribution in [0.5, 0.6) is 0 Å². The van der Waals surface area contributed by atoms with Gasteiger partial charge in [-0.1, -0.05) is 30.3 Å². The fourth-order valence-electron chi connectivity index (χ4n) is 5.68. The molecule has 46 heavy (non-hydrogen) atoms. The molecule has 0 saturated carbocycles. The third-order valence-corrected chi connectivity index (χ3v) is 8.26. The van der Waals surface area contributed by atoms with Crippen LogP contribution >= 0.6 is 0 Å². The predicted molar refractivity (Wildman–Crippen MR) is 172 cm³/mol. The number of nitriles is 1. The maximum absolute atomic E-state index is 13.5. The monoisotopic (exact) mass is 613 g/mol. The van der Waals surface area contributed by atoms with Crippen molar-refractivity contribution >= 4 is 34.1 Å². The van der Waals surface area contributed by atoms with E-state index in [4.69, 9.17) is 6.42 Å². The minimum Gasteiger partial charge on any atom is -0.352 e. The summed E-state index contributed by atoms with van der Waals surface area (Å²) >= 11 is 0. The molecule has 0 bridgehead atoms. The highest BCUT2D eigenvalue weighted by Crippen LogP contribution is 2.37. The van der Waals surface area contributed by atoms with Gasteiger partial charge >= 0.3 is 0 Å². The Bertz CT molecular complexity index is 1970.